The number of carbonyl (C=O) groups excluding carboxylic acids is 1. The Morgan fingerprint density at radius 2 is 2.31 bits per heavy atom. The number of ketones is 1. The number of halogens is 1. The molecule has 3 heteroatoms. The van der Waals surface area contributed by atoms with E-state index < -0.39 is 0 Å². The zero-order valence-corrected chi connectivity index (χ0v) is 8.47. The van der Waals surface area contributed by atoms with Crippen molar-refractivity contribution in [3.05, 3.63) is 28.2 Å². The molecule has 0 saturated heterocycles. The quantitative estimate of drug-likeness (QED) is 0.487. The highest BCUT2D eigenvalue weighted by atomic mass is 79.9. The second-order valence-electron chi connectivity index (χ2n) is 2.54. The maximum atomic E-state index is 11.4. The van der Waals surface area contributed by atoms with E-state index in [0.717, 1.165) is 4.47 Å². The van der Waals surface area contributed by atoms with Crippen LogP contribution in [0.4, 0.5) is 5.69 Å². The van der Waals surface area contributed by atoms with Gasteiger partial charge in [-0.15, -0.1) is 6.42 Å². The van der Waals surface area contributed by atoms with Crippen molar-refractivity contribution in [1.82, 2.24) is 0 Å². The number of rotatable bonds is 2. The maximum absolute atomic E-state index is 11.4. The molecule has 1 aromatic rings. The third-order valence-corrected chi connectivity index (χ3v) is 2.24. The van der Waals surface area contributed by atoms with Crippen molar-refractivity contribution >= 4 is 27.4 Å². The van der Waals surface area contributed by atoms with Crippen LogP contribution in [0.1, 0.15) is 16.8 Å². The Balaban J connectivity index is 3.07. The van der Waals surface area contributed by atoms with Gasteiger partial charge < -0.3 is 5.73 Å². The lowest BCUT2D eigenvalue weighted by molar-refractivity contribution is 0.0997. The van der Waals surface area contributed by atoms with Gasteiger partial charge in [0.2, 0.25) is 0 Å². The molecule has 13 heavy (non-hydrogen) atoms. The van der Waals surface area contributed by atoms with Gasteiger partial charge >= 0.3 is 0 Å². The summed E-state index contributed by atoms with van der Waals surface area (Å²) >= 11 is 3.26. The second kappa shape index (κ2) is 4.11. The van der Waals surface area contributed by atoms with Crippen LogP contribution in [0.15, 0.2) is 22.7 Å². The smallest absolute Gasteiger partial charge is 0.175 e. The Morgan fingerprint density at radius 3 is 2.92 bits per heavy atom. The monoisotopic (exact) mass is 237 g/mol. The molecule has 0 fully saturated rings. The van der Waals surface area contributed by atoms with E-state index in [1.54, 1.807) is 18.2 Å². The summed E-state index contributed by atoms with van der Waals surface area (Å²) in [4.78, 5) is 11.4. The highest BCUT2D eigenvalue weighted by Gasteiger charge is 2.08. The SMILES string of the molecule is C#CCC(=O)c1cc(N)ccc1Br. The van der Waals surface area contributed by atoms with Crippen LogP contribution in [-0.2, 0) is 0 Å². The molecule has 0 saturated carbocycles. The molecule has 0 heterocycles. The normalized spacial score (nSPS) is 9.23. The fraction of sp³-hybridized carbons (Fsp3) is 0.100. The van der Waals surface area contributed by atoms with Crippen LogP contribution < -0.4 is 5.73 Å². The number of terminal acetylenes is 1. The number of hydrogen-bond donors (Lipinski definition) is 1. The van der Waals surface area contributed by atoms with Crippen molar-refractivity contribution in [2.45, 2.75) is 6.42 Å². The van der Waals surface area contributed by atoms with Crippen LogP contribution in [0.2, 0.25) is 0 Å². The standard InChI is InChI=1S/C10H8BrNO/c1-2-3-10(13)8-6-7(12)4-5-9(8)11/h1,4-6H,3,12H2. The van der Waals surface area contributed by atoms with Crippen molar-refractivity contribution in [2.75, 3.05) is 5.73 Å². The summed E-state index contributed by atoms with van der Waals surface area (Å²) in [5.74, 6) is 2.21. The van der Waals surface area contributed by atoms with Crippen molar-refractivity contribution in [3.63, 3.8) is 0 Å². The van der Waals surface area contributed by atoms with Crippen LogP contribution in [0.25, 0.3) is 0 Å². The number of anilines is 1. The number of benzene rings is 1. The summed E-state index contributed by atoms with van der Waals surface area (Å²) in [6.45, 7) is 0. The minimum atomic E-state index is -0.0957. The van der Waals surface area contributed by atoms with Crippen molar-refractivity contribution in [1.29, 1.82) is 0 Å². The minimum Gasteiger partial charge on any atom is -0.399 e. The van der Waals surface area contributed by atoms with E-state index in [9.17, 15) is 4.79 Å². The number of nitrogens with two attached hydrogens (primary N) is 1. The predicted octanol–water partition coefficient (Wildman–Crippen LogP) is 2.24. The first-order chi connectivity index (χ1) is 6.15. The number of hydrogen-bond acceptors (Lipinski definition) is 2. The molecule has 0 bridgehead atoms. The first-order valence-electron chi connectivity index (χ1n) is 3.67. The first-order valence-corrected chi connectivity index (χ1v) is 4.46. The van der Waals surface area contributed by atoms with Gasteiger partial charge in [0.1, 0.15) is 0 Å². The molecule has 1 rings (SSSR count). The summed E-state index contributed by atoms with van der Waals surface area (Å²) in [7, 11) is 0. The highest BCUT2D eigenvalue weighted by Crippen LogP contribution is 2.20. The minimum absolute atomic E-state index is 0.0957. The molecule has 0 aliphatic rings. The van der Waals surface area contributed by atoms with Gasteiger partial charge in [0.25, 0.3) is 0 Å². The van der Waals surface area contributed by atoms with E-state index in [-0.39, 0.29) is 12.2 Å². The Bertz CT molecular complexity index is 379. The van der Waals surface area contributed by atoms with Gasteiger partial charge in [-0.25, -0.2) is 0 Å². The van der Waals surface area contributed by atoms with E-state index in [1.807, 2.05) is 0 Å². The average molecular weight is 238 g/mol. The largest absolute Gasteiger partial charge is 0.399 e. The van der Waals surface area contributed by atoms with Gasteiger partial charge in [0.15, 0.2) is 5.78 Å². The van der Waals surface area contributed by atoms with Crippen molar-refractivity contribution < 1.29 is 4.79 Å². The average Bonchev–Trinajstić information content (AvgIpc) is 2.09. The molecule has 2 nitrogen and oxygen atoms in total. The lowest BCUT2D eigenvalue weighted by atomic mass is 10.1. The first kappa shape index (κ1) is 9.82. The van der Waals surface area contributed by atoms with Gasteiger partial charge in [-0.3, -0.25) is 4.79 Å². The Labute approximate surface area is 85.3 Å². The fourth-order valence-electron chi connectivity index (χ4n) is 0.944. The molecule has 66 valence electrons. The van der Waals surface area contributed by atoms with E-state index >= 15 is 0 Å². The van der Waals surface area contributed by atoms with E-state index in [4.69, 9.17) is 12.2 Å². The molecular weight excluding hydrogens is 230 g/mol. The summed E-state index contributed by atoms with van der Waals surface area (Å²) in [6.07, 6.45) is 5.14. The third kappa shape index (κ3) is 2.33. The van der Waals surface area contributed by atoms with Gasteiger partial charge in [-0.2, -0.15) is 0 Å². The molecule has 0 amide bonds. The van der Waals surface area contributed by atoms with E-state index in [2.05, 4.69) is 21.9 Å². The summed E-state index contributed by atoms with van der Waals surface area (Å²) in [5, 5.41) is 0. The predicted molar refractivity (Wildman–Crippen MR) is 56.3 cm³/mol. The van der Waals surface area contributed by atoms with Gasteiger partial charge in [-0.1, -0.05) is 21.9 Å². The lowest BCUT2D eigenvalue weighted by Gasteiger charge is -2.01. The molecule has 0 radical (unpaired) electrons. The molecule has 0 aliphatic carbocycles. The van der Waals surface area contributed by atoms with Crippen LogP contribution in [0.3, 0.4) is 0 Å². The summed E-state index contributed by atoms with van der Waals surface area (Å²) < 4.78 is 0.724. The van der Waals surface area contributed by atoms with Gasteiger partial charge in [0.05, 0.1) is 6.42 Å². The molecule has 0 unspecified atom stereocenters. The van der Waals surface area contributed by atoms with E-state index in [1.165, 1.54) is 0 Å². The zero-order chi connectivity index (χ0) is 9.84. The Morgan fingerprint density at radius 1 is 1.62 bits per heavy atom. The van der Waals surface area contributed by atoms with Gasteiger partial charge in [-0.05, 0) is 18.2 Å². The summed E-state index contributed by atoms with van der Waals surface area (Å²) in [5.41, 5.74) is 6.64. The van der Waals surface area contributed by atoms with Gasteiger partial charge in [0, 0.05) is 15.7 Å². The van der Waals surface area contributed by atoms with Crippen LogP contribution >= 0.6 is 15.9 Å². The fourth-order valence-corrected chi connectivity index (χ4v) is 1.41. The lowest BCUT2D eigenvalue weighted by Crippen LogP contribution is -1.99. The molecular formula is C10H8BrNO. The molecule has 2 N–H and O–H groups in total. The zero-order valence-electron chi connectivity index (χ0n) is 6.88. The highest BCUT2D eigenvalue weighted by molar-refractivity contribution is 9.10. The second-order valence-corrected chi connectivity index (χ2v) is 3.40. The van der Waals surface area contributed by atoms with E-state index in [0.29, 0.717) is 11.3 Å². The number of Topliss-reactive ketones (excluding diaryl/α,β-unsaturated/α-hetero) is 1. The molecule has 0 aliphatic heterocycles. The van der Waals surface area contributed by atoms with Crippen LogP contribution in [0.5, 0.6) is 0 Å². The third-order valence-electron chi connectivity index (χ3n) is 1.55. The molecule has 1 aromatic carbocycles. The van der Waals surface area contributed by atoms with Crippen molar-refractivity contribution in [3.8, 4) is 12.3 Å². The molecule has 0 atom stereocenters. The number of nitrogen functional groups attached to an aromatic ring is 1. The number of carbonyl (C=O) groups is 1. The molecule has 0 aromatic heterocycles. The summed E-state index contributed by atoms with van der Waals surface area (Å²) in [6, 6.07) is 5.07. The van der Waals surface area contributed by atoms with Crippen molar-refractivity contribution in [2.24, 2.45) is 0 Å². The maximum Gasteiger partial charge on any atom is 0.175 e. The Kier molecular flexibility index (Phi) is 3.10. The van der Waals surface area contributed by atoms with Crippen LogP contribution in [-0.4, -0.2) is 5.78 Å². The topological polar surface area (TPSA) is 43.1 Å². The molecule has 0 spiro atoms. The Hall–Kier alpha value is -1.27. The van der Waals surface area contributed by atoms with Crippen LogP contribution in [0, 0.1) is 12.3 Å².